The van der Waals surface area contributed by atoms with Crippen LogP contribution in [0.25, 0.3) is 0 Å². The quantitative estimate of drug-likeness (QED) is 0.619. The predicted molar refractivity (Wildman–Crippen MR) is 91.9 cm³/mol. The van der Waals surface area contributed by atoms with Gasteiger partial charge in [0.05, 0.1) is 7.11 Å². The Hall–Kier alpha value is -1.64. The molecule has 0 fully saturated rings. The van der Waals surface area contributed by atoms with Crippen molar-refractivity contribution in [3.63, 3.8) is 0 Å². The number of benzene rings is 1. The molecule has 136 valence electrons. The molecule has 0 bridgehead atoms. The Kier molecular flexibility index (Phi) is 8.17. The number of hydrogen-bond donors (Lipinski definition) is 2. The topological polar surface area (TPSA) is 93.7 Å². The van der Waals surface area contributed by atoms with Gasteiger partial charge in [-0.25, -0.2) is 13.1 Å². The molecule has 1 amide bonds. The molecule has 0 aliphatic rings. The second-order valence-corrected chi connectivity index (χ2v) is 7.13. The minimum atomic E-state index is -3.77. The van der Waals surface area contributed by atoms with Gasteiger partial charge in [0, 0.05) is 31.4 Å². The smallest absolute Gasteiger partial charge is 0.251 e. The summed E-state index contributed by atoms with van der Waals surface area (Å²) in [5.74, 6) is -0.147. The van der Waals surface area contributed by atoms with Gasteiger partial charge in [-0.3, -0.25) is 4.79 Å². The number of ether oxygens (including phenoxy) is 2. The molecular formula is C16H26N2O5S. The Morgan fingerprint density at radius 3 is 2.58 bits per heavy atom. The van der Waals surface area contributed by atoms with Gasteiger partial charge < -0.3 is 14.8 Å². The van der Waals surface area contributed by atoms with Crippen LogP contribution in [0.2, 0.25) is 0 Å². The van der Waals surface area contributed by atoms with E-state index in [2.05, 4.69) is 10.0 Å². The van der Waals surface area contributed by atoms with Crippen LogP contribution >= 0.6 is 0 Å². The highest BCUT2D eigenvalue weighted by molar-refractivity contribution is 7.89. The number of rotatable bonds is 10. The Morgan fingerprint density at radius 1 is 1.29 bits per heavy atom. The summed E-state index contributed by atoms with van der Waals surface area (Å²) in [6.07, 6.45) is 0.690. The van der Waals surface area contributed by atoms with Gasteiger partial charge in [0.25, 0.3) is 5.91 Å². The molecule has 0 saturated heterocycles. The lowest BCUT2D eigenvalue weighted by Gasteiger charge is -2.14. The highest BCUT2D eigenvalue weighted by Crippen LogP contribution is 2.25. The number of methoxy groups -OCH3 is 1. The van der Waals surface area contributed by atoms with Gasteiger partial charge in [0.2, 0.25) is 10.0 Å². The predicted octanol–water partition coefficient (Wildman–Crippen LogP) is 1.54. The van der Waals surface area contributed by atoms with E-state index in [0.717, 1.165) is 0 Å². The summed E-state index contributed by atoms with van der Waals surface area (Å²) in [7, 11) is -2.38. The maximum absolute atomic E-state index is 12.4. The first-order chi connectivity index (χ1) is 11.3. The summed E-state index contributed by atoms with van der Waals surface area (Å²) in [5.41, 5.74) is 0.261. The van der Waals surface area contributed by atoms with Crippen LogP contribution in [-0.2, 0) is 14.8 Å². The first kappa shape index (κ1) is 20.4. The van der Waals surface area contributed by atoms with Crippen LogP contribution in [0, 0.1) is 0 Å². The Balaban J connectivity index is 2.91. The van der Waals surface area contributed by atoms with Gasteiger partial charge in [0.15, 0.2) is 0 Å². The molecule has 0 aromatic heterocycles. The second kappa shape index (κ2) is 9.61. The zero-order valence-corrected chi connectivity index (χ0v) is 15.4. The third-order valence-electron chi connectivity index (χ3n) is 3.06. The van der Waals surface area contributed by atoms with E-state index in [1.807, 2.05) is 6.92 Å². The SMILES string of the molecule is CCOCCCNC(=O)c1ccc(OC)c(S(=O)(=O)NC(C)C)c1. The molecule has 0 spiro atoms. The number of hydrogen-bond acceptors (Lipinski definition) is 5. The van der Waals surface area contributed by atoms with Crippen LogP contribution in [0.1, 0.15) is 37.6 Å². The molecule has 0 aliphatic carbocycles. The van der Waals surface area contributed by atoms with Crippen molar-refractivity contribution >= 4 is 15.9 Å². The van der Waals surface area contributed by atoms with Gasteiger partial charge in [-0.15, -0.1) is 0 Å². The van der Waals surface area contributed by atoms with Gasteiger partial charge >= 0.3 is 0 Å². The van der Waals surface area contributed by atoms with Crippen molar-refractivity contribution in [1.82, 2.24) is 10.0 Å². The normalized spacial score (nSPS) is 11.5. The van der Waals surface area contributed by atoms with E-state index >= 15 is 0 Å². The Bertz CT molecular complexity index is 644. The number of carbonyl (C=O) groups is 1. The molecule has 1 aromatic rings. The van der Waals surface area contributed by atoms with Crippen molar-refractivity contribution in [1.29, 1.82) is 0 Å². The maximum Gasteiger partial charge on any atom is 0.251 e. The average Bonchev–Trinajstić information content (AvgIpc) is 2.52. The molecule has 7 nitrogen and oxygen atoms in total. The minimum absolute atomic E-state index is 0.0549. The Morgan fingerprint density at radius 2 is 2.00 bits per heavy atom. The van der Waals surface area contributed by atoms with Crippen molar-refractivity contribution in [2.45, 2.75) is 38.1 Å². The number of carbonyl (C=O) groups excluding carboxylic acids is 1. The van der Waals surface area contributed by atoms with Crippen molar-refractivity contribution in [3.8, 4) is 5.75 Å². The fourth-order valence-corrected chi connectivity index (χ4v) is 3.47. The highest BCUT2D eigenvalue weighted by Gasteiger charge is 2.22. The van der Waals surface area contributed by atoms with Crippen molar-refractivity contribution in [3.05, 3.63) is 23.8 Å². The van der Waals surface area contributed by atoms with Gasteiger partial charge in [-0.1, -0.05) is 0 Å². The lowest BCUT2D eigenvalue weighted by Crippen LogP contribution is -2.31. The highest BCUT2D eigenvalue weighted by atomic mass is 32.2. The van der Waals surface area contributed by atoms with Gasteiger partial charge in [0.1, 0.15) is 10.6 Å². The standard InChI is InChI=1S/C16H26N2O5S/c1-5-23-10-6-9-17-16(19)13-7-8-14(22-4)15(11-13)24(20,21)18-12(2)3/h7-8,11-12,18H,5-6,9-10H2,1-4H3,(H,17,19). The molecule has 0 aliphatic heterocycles. The van der Waals surface area contributed by atoms with E-state index in [0.29, 0.717) is 26.2 Å². The molecule has 8 heteroatoms. The number of amides is 1. The maximum atomic E-state index is 12.4. The summed E-state index contributed by atoms with van der Waals surface area (Å²) in [6.45, 7) is 7.01. The zero-order chi connectivity index (χ0) is 18.2. The average molecular weight is 358 g/mol. The van der Waals surface area contributed by atoms with E-state index in [1.54, 1.807) is 13.8 Å². The van der Waals surface area contributed by atoms with Crippen LogP contribution in [0.15, 0.2) is 23.1 Å². The van der Waals surface area contributed by atoms with Crippen LogP contribution < -0.4 is 14.8 Å². The fourth-order valence-electron chi connectivity index (χ4n) is 2.02. The first-order valence-corrected chi connectivity index (χ1v) is 9.36. The van der Waals surface area contributed by atoms with Crippen LogP contribution in [-0.4, -0.2) is 47.2 Å². The molecule has 0 radical (unpaired) electrons. The molecule has 1 aromatic carbocycles. The lowest BCUT2D eigenvalue weighted by atomic mass is 10.2. The minimum Gasteiger partial charge on any atom is -0.495 e. The van der Waals surface area contributed by atoms with Gasteiger partial charge in [-0.2, -0.15) is 0 Å². The van der Waals surface area contributed by atoms with E-state index < -0.39 is 10.0 Å². The second-order valence-electron chi connectivity index (χ2n) is 5.45. The van der Waals surface area contributed by atoms with Gasteiger partial charge in [-0.05, 0) is 45.4 Å². The Labute approximate surface area is 143 Å². The molecule has 24 heavy (non-hydrogen) atoms. The number of nitrogens with one attached hydrogen (secondary N) is 2. The summed E-state index contributed by atoms with van der Waals surface area (Å²) >= 11 is 0. The van der Waals surface area contributed by atoms with Crippen molar-refractivity contribution in [2.75, 3.05) is 26.9 Å². The summed E-state index contributed by atoms with van der Waals surface area (Å²) < 4.78 is 37.6. The van der Waals surface area contributed by atoms with Crippen molar-refractivity contribution in [2.24, 2.45) is 0 Å². The summed E-state index contributed by atoms with van der Waals surface area (Å²) in [4.78, 5) is 12.1. The third-order valence-corrected chi connectivity index (χ3v) is 4.74. The monoisotopic (exact) mass is 358 g/mol. The largest absolute Gasteiger partial charge is 0.495 e. The summed E-state index contributed by atoms with van der Waals surface area (Å²) in [5, 5.41) is 2.74. The van der Waals surface area contributed by atoms with E-state index in [-0.39, 0.29) is 28.2 Å². The van der Waals surface area contributed by atoms with Crippen LogP contribution in [0.5, 0.6) is 5.75 Å². The fraction of sp³-hybridized carbons (Fsp3) is 0.562. The van der Waals surface area contributed by atoms with E-state index in [1.165, 1.54) is 25.3 Å². The summed E-state index contributed by atoms with van der Waals surface area (Å²) in [6, 6.07) is 4.06. The van der Waals surface area contributed by atoms with Crippen LogP contribution in [0.3, 0.4) is 0 Å². The first-order valence-electron chi connectivity index (χ1n) is 7.88. The molecule has 0 saturated carbocycles. The third kappa shape index (κ3) is 6.10. The molecule has 0 unspecified atom stereocenters. The zero-order valence-electron chi connectivity index (χ0n) is 14.6. The molecule has 1 rings (SSSR count). The van der Waals surface area contributed by atoms with Crippen molar-refractivity contribution < 1.29 is 22.7 Å². The number of sulfonamides is 1. The molecule has 2 N–H and O–H groups in total. The molecular weight excluding hydrogens is 332 g/mol. The molecule has 0 atom stereocenters. The lowest BCUT2D eigenvalue weighted by molar-refractivity contribution is 0.0944. The van der Waals surface area contributed by atoms with E-state index in [4.69, 9.17) is 9.47 Å². The molecule has 0 heterocycles. The van der Waals surface area contributed by atoms with Crippen LogP contribution in [0.4, 0.5) is 0 Å². The van der Waals surface area contributed by atoms with E-state index in [9.17, 15) is 13.2 Å².